The SMILES string of the molecule is O=C(OCC(=O)N1CCC[C@H]2CCCC[C@@H]21)c1ccc(NC2CC2)c([N+](=O)[O-])c1. The van der Waals surface area contributed by atoms with Gasteiger partial charge in [-0.25, -0.2) is 4.79 Å². The second-order valence-electron chi connectivity index (χ2n) is 8.33. The van der Waals surface area contributed by atoms with Gasteiger partial charge in [-0.05, 0) is 56.6 Å². The van der Waals surface area contributed by atoms with Gasteiger partial charge in [0.15, 0.2) is 6.61 Å². The standard InChI is InChI=1S/C21H27N3O5/c25-20(23-11-3-5-14-4-1-2-6-18(14)23)13-29-21(26)15-7-10-17(22-16-8-9-16)19(12-15)24(27)28/h7,10,12,14,16,18,22H,1-6,8-9,11,13H2/t14-,18+/m1/s1. The first-order valence-corrected chi connectivity index (χ1v) is 10.5. The second-order valence-corrected chi connectivity index (χ2v) is 8.33. The Morgan fingerprint density at radius 1 is 1.14 bits per heavy atom. The van der Waals surface area contributed by atoms with Crippen molar-refractivity contribution in [3.05, 3.63) is 33.9 Å². The molecule has 156 valence electrons. The normalized spacial score (nSPS) is 23.8. The maximum absolute atomic E-state index is 12.7. The fourth-order valence-electron chi connectivity index (χ4n) is 4.61. The van der Waals surface area contributed by atoms with Gasteiger partial charge in [0.05, 0.1) is 10.5 Å². The molecule has 1 aromatic carbocycles. The quantitative estimate of drug-likeness (QED) is 0.445. The van der Waals surface area contributed by atoms with Crippen molar-refractivity contribution in [3.63, 3.8) is 0 Å². The number of ether oxygens (including phenoxy) is 1. The Bertz CT molecular complexity index is 806. The molecule has 0 radical (unpaired) electrons. The summed E-state index contributed by atoms with van der Waals surface area (Å²) in [4.78, 5) is 37.8. The topological polar surface area (TPSA) is 102 Å². The molecule has 1 amide bonds. The maximum Gasteiger partial charge on any atom is 0.338 e. The van der Waals surface area contributed by atoms with Crippen molar-refractivity contribution in [3.8, 4) is 0 Å². The van der Waals surface area contributed by atoms with Crippen LogP contribution >= 0.6 is 0 Å². The lowest BCUT2D eigenvalue weighted by molar-refractivity contribution is -0.384. The number of benzene rings is 1. The largest absolute Gasteiger partial charge is 0.452 e. The van der Waals surface area contributed by atoms with Gasteiger partial charge in [-0.15, -0.1) is 0 Å². The molecule has 1 saturated heterocycles. The molecule has 0 aromatic heterocycles. The number of piperidine rings is 1. The van der Waals surface area contributed by atoms with Crippen molar-refractivity contribution < 1.29 is 19.2 Å². The van der Waals surface area contributed by atoms with Crippen LogP contribution in [-0.4, -0.2) is 46.9 Å². The van der Waals surface area contributed by atoms with E-state index in [2.05, 4.69) is 5.32 Å². The van der Waals surface area contributed by atoms with E-state index in [0.717, 1.165) is 32.1 Å². The van der Waals surface area contributed by atoms with E-state index in [-0.39, 0.29) is 35.8 Å². The summed E-state index contributed by atoms with van der Waals surface area (Å²) in [5.41, 5.74) is 0.334. The summed E-state index contributed by atoms with van der Waals surface area (Å²) < 4.78 is 5.22. The van der Waals surface area contributed by atoms with Crippen LogP contribution in [-0.2, 0) is 9.53 Å². The zero-order chi connectivity index (χ0) is 20.4. The minimum Gasteiger partial charge on any atom is -0.452 e. The molecule has 1 N–H and O–H groups in total. The first kappa shape index (κ1) is 19.7. The van der Waals surface area contributed by atoms with Crippen molar-refractivity contribution >= 4 is 23.3 Å². The molecule has 0 spiro atoms. The molecular formula is C21H27N3O5. The van der Waals surface area contributed by atoms with E-state index in [9.17, 15) is 19.7 Å². The van der Waals surface area contributed by atoms with Crippen molar-refractivity contribution in [1.29, 1.82) is 0 Å². The fourth-order valence-corrected chi connectivity index (χ4v) is 4.61. The van der Waals surface area contributed by atoms with Gasteiger partial charge >= 0.3 is 5.97 Å². The minimum atomic E-state index is -0.711. The van der Waals surface area contributed by atoms with Crippen LogP contribution in [0.2, 0.25) is 0 Å². The number of amides is 1. The Labute approximate surface area is 169 Å². The summed E-state index contributed by atoms with van der Waals surface area (Å²) in [6, 6.07) is 4.78. The highest BCUT2D eigenvalue weighted by Gasteiger charge is 2.36. The molecule has 4 rings (SSSR count). The number of hydrogen-bond donors (Lipinski definition) is 1. The van der Waals surface area contributed by atoms with Crippen molar-refractivity contribution in [2.24, 2.45) is 5.92 Å². The number of anilines is 1. The third-order valence-corrected chi connectivity index (χ3v) is 6.26. The number of likely N-dealkylation sites (tertiary alicyclic amines) is 1. The zero-order valence-electron chi connectivity index (χ0n) is 16.5. The number of esters is 1. The van der Waals surface area contributed by atoms with Crippen LogP contribution in [0.25, 0.3) is 0 Å². The molecule has 1 aromatic rings. The summed E-state index contributed by atoms with van der Waals surface area (Å²) in [6.45, 7) is 0.391. The zero-order valence-corrected chi connectivity index (χ0v) is 16.5. The predicted molar refractivity (Wildman–Crippen MR) is 107 cm³/mol. The maximum atomic E-state index is 12.7. The third-order valence-electron chi connectivity index (χ3n) is 6.26. The van der Waals surface area contributed by atoms with Gasteiger partial charge in [0.2, 0.25) is 0 Å². The Kier molecular flexibility index (Phi) is 5.69. The van der Waals surface area contributed by atoms with Gasteiger partial charge in [0.1, 0.15) is 5.69 Å². The average molecular weight is 401 g/mol. The highest BCUT2D eigenvalue weighted by Crippen LogP contribution is 2.35. The van der Waals surface area contributed by atoms with E-state index in [1.54, 1.807) is 0 Å². The first-order chi connectivity index (χ1) is 14.0. The average Bonchev–Trinajstić information content (AvgIpc) is 3.55. The van der Waals surface area contributed by atoms with Gasteiger partial charge in [0, 0.05) is 24.7 Å². The summed E-state index contributed by atoms with van der Waals surface area (Å²) in [6.07, 6.45) is 8.67. The number of hydrogen-bond acceptors (Lipinski definition) is 6. The van der Waals surface area contributed by atoms with Crippen LogP contribution in [0.15, 0.2) is 18.2 Å². The fraction of sp³-hybridized carbons (Fsp3) is 0.619. The molecule has 1 aliphatic heterocycles. The lowest BCUT2D eigenvalue weighted by Crippen LogP contribution is -2.50. The number of nitrogens with one attached hydrogen (secondary N) is 1. The number of nitro benzene ring substituents is 1. The van der Waals surface area contributed by atoms with Crippen LogP contribution in [0, 0.1) is 16.0 Å². The molecule has 0 bridgehead atoms. The molecule has 1 heterocycles. The molecule has 2 atom stereocenters. The van der Waals surface area contributed by atoms with E-state index in [1.807, 2.05) is 4.90 Å². The van der Waals surface area contributed by atoms with E-state index in [1.165, 1.54) is 37.5 Å². The lowest BCUT2D eigenvalue weighted by Gasteiger charge is -2.44. The predicted octanol–water partition coefficient (Wildman–Crippen LogP) is 3.51. The molecule has 3 fully saturated rings. The highest BCUT2D eigenvalue weighted by molar-refractivity contribution is 5.93. The Hall–Kier alpha value is -2.64. The second kappa shape index (κ2) is 8.39. The molecule has 2 saturated carbocycles. The van der Waals surface area contributed by atoms with Gasteiger partial charge in [-0.1, -0.05) is 12.8 Å². The van der Waals surface area contributed by atoms with Gasteiger partial charge < -0.3 is 15.0 Å². The van der Waals surface area contributed by atoms with Crippen molar-refractivity contribution in [2.45, 2.75) is 63.5 Å². The molecule has 8 nitrogen and oxygen atoms in total. The summed E-state index contributed by atoms with van der Waals surface area (Å²) >= 11 is 0. The molecule has 0 unspecified atom stereocenters. The minimum absolute atomic E-state index is 0.0834. The Morgan fingerprint density at radius 2 is 1.90 bits per heavy atom. The third kappa shape index (κ3) is 4.52. The van der Waals surface area contributed by atoms with Crippen molar-refractivity contribution in [1.82, 2.24) is 4.90 Å². The van der Waals surface area contributed by atoms with Crippen molar-refractivity contribution in [2.75, 3.05) is 18.5 Å². The van der Waals surface area contributed by atoms with Crippen LogP contribution in [0.3, 0.4) is 0 Å². The van der Waals surface area contributed by atoms with E-state index in [0.29, 0.717) is 18.2 Å². The summed E-state index contributed by atoms with van der Waals surface area (Å²) in [5.74, 6) is -0.320. The van der Waals surface area contributed by atoms with Crippen LogP contribution in [0.1, 0.15) is 61.7 Å². The van der Waals surface area contributed by atoms with E-state index < -0.39 is 10.9 Å². The van der Waals surface area contributed by atoms with Crippen LogP contribution in [0.4, 0.5) is 11.4 Å². The number of fused-ring (bicyclic) bond motifs is 1. The molecular weight excluding hydrogens is 374 g/mol. The number of carbonyl (C=O) groups is 2. The molecule has 8 heteroatoms. The lowest BCUT2D eigenvalue weighted by atomic mass is 9.78. The monoisotopic (exact) mass is 401 g/mol. The Balaban J connectivity index is 1.38. The van der Waals surface area contributed by atoms with Gasteiger partial charge in [-0.3, -0.25) is 14.9 Å². The number of nitrogens with zero attached hydrogens (tertiary/aromatic N) is 2. The molecule has 3 aliphatic rings. The van der Waals surface area contributed by atoms with E-state index >= 15 is 0 Å². The Morgan fingerprint density at radius 3 is 2.66 bits per heavy atom. The number of rotatable bonds is 6. The molecule has 2 aliphatic carbocycles. The highest BCUT2D eigenvalue weighted by atomic mass is 16.6. The number of carbonyl (C=O) groups excluding carboxylic acids is 2. The summed E-state index contributed by atoms with van der Waals surface area (Å²) in [7, 11) is 0. The van der Waals surface area contributed by atoms with Gasteiger partial charge in [-0.2, -0.15) is 0 Å². The summed E-state index contributed by atoms with van der Waals surface area (Å²) in [5, 5.41) is 14.5. The van der Waals surface area contributed by atoms with E-state index in [4.69, 9.17) is 4.74 Å². The van der Waals surface area contributed by atoms with Gasteiger partial charge in [0.25, 0.3) is 11.6 Å². The number of nitro groups is 1. The van der Waals surface area contributed by atoms with Crippen LogP contribution in [0.5, 0.6) is 0 Å². The van der Waals surface area contributed by atoms with Crippen LogP contribution < -0.4 is 5.32 Å². The smallest absolute Gasteiger partial charge is 0.338 e. The molecule has 29 heavy (non-hydrogen) atoms. The first-order valence-electron chi connectivity index (χ1n) is 10.5.